The number of benzene rings is 1. The molecule has 0 saturated heterocycles. The first-order valence-electron chi connectivity index (χ1n) is 6.36. The van der Waals surface area contributed by atoms with E-state index < -0.39 is 5.97 Å². The number of aromatic carboxylic acids is 1. The van der Waals surface area contributed by atoms with Gasteiger partial charge in [0, 0.05) is 12.1 Å². The molecule has 0 atom stereocenters. The summed E-state index contributed by atoms with van der Waals surface area (Å²) >= 11 is 0. The predicted octanol–water partition coefficient (Wildman–Crippen LogP) is 3.41. The Kier molecular flexibility index (Phi) is 4.30. The van der Waals surface area contributed by atoms with Gasteiger partial charge in [-0.2, -0.15) is 0 Å². The molecule has 0 aliphatic heterocycles. The molecule has 20 heavy (non-hydrogen) atoms. The van der Waals surface area contributed by atoms with Crippen molar-refractivity contribution in [2.45, 2.75) is 13.3 Å². The zero-order valence-electron chi connectivity index (χ0n) is 11.1. The number of aromatic nitrogens is 1. The first-order valence-corrected chi connectivity index (χ1v) is 6.36. The van der Waals surface area contributed by atoms with Crippen molar-refractivity contribution in [1.29, 1.82) is 0 Å². The number of carboxylic acids is 1. The minimum Gasteiger partial charge on any atom is -0.478 e. The largest absolute Gasteiger partial charge is 0.478 e. The van der Waals surface area contributed by atoms with E-state index in [1.807, 2.05) is 6.92 Å². The Morgan fingerprint density at radius 3 is 2.55 bits per heavy atom. The maximum atomic E-state index is 12.9. The lowest BCUT2D eigenvalue weighted by molar-refractivity contribution is 0.0697. The summed E-state index contributed by atoms with van der Waals surface area (Å²) in [4.78, 5) is 15.5. The Morgan fingerprint density at radius 2 is 1.95 bits per heavy atom. The molecule has 0 fully saturated rings. The highest BCUT2D eigenvalue weighted by Gasteiger charge is 2.12. The van der Waals surface area contributed by atoms with Gasteiger partial charge in [0.15, 0.2) is 0 Å². The quantitative estimate of drug-likeness (QED) is 0.877. The molecular weight excluding hydrogens is 259 g/mol. The van der Waals surface area contributed by atoms with E-state index in [1.54, 1.807) is 18.2 Å². The molecule has 0 amide bonds. The van der Waals surface area contributed by atoms with Crippen LogP contribution in [0, 0.1) is 5.82 Å². The van der Waals surface area contributed by atoms with Crippen LogP contribution >= 0.6 is 0 Å². The molecule has 1 heterocycles. The van der Waals surface area contributed by atoms with Crippen LogP contribution in [0.2, 0.25) is 0 Å². The molecule has 0 saturated carbocycles. The van der Waals surface area contributed by atoms with E-state index in [1.165, 1.54) is 18.2 Å². The van der Waals surface area contributed by atoms with Gasteiger partial charge in [0.2, 0.25) is 0 Å². The number of carboxylic acid groups (broad SMARTS) is 1. The van der Waals surface area contributed by atoms with Crippen LogP contribution < -0.4 is 5.32 Å². The molecular formula is C15H15FN2O2. The zero-order chi connectivity index (χ0) is 14.5. The van der Waals surface area contributed by atoms with Crippen LogP contribution in [0.1, 0.15) is 23.7 Å². The molecule has 0 radical (unpaired) electrons. The number of halogens is 1. The Bertz CT molecular complexity index is 612. The Labute approximate surface area is 116 Å². The van der Waals surface area contributed by atoms with Crippen molar-refractivity contribution in [2.75, 3.05) is 11.9 Å². The number of hydrogen-bond donors (Lipinski definition) is 2. The minimum atomic E-state index is -1.03. The molecule has 0 spiro atoms. The molecule has 0 aliphatic carbocycles. The summed E-state index contributed by atoms with van der Waals surface area (Å²) in [6.45, 7) is 2.62. The molecule has 1 aromatic carbocycles. The molecule has 0 bridgehead atoms. The summed E-state index contributed by atoms with van der Waals surface area (Å²) in [6, 6.07) is 9.05. The van der Waals surface area contributed by atoms with Gasteiger partial charge in [-0.1, -0.05) is 6.92 Å². The van der Waals surface area contributed by atoms with Crippen LogP contribution in [0.5, 0.6) is 0 Å². The Hall–Kier alpha value is -2.43. The standard InChI is InChI=1S/C15H15FN2O2/c1-2-9-17-14-12(15(19)20)7-8-13(18-14)10-3-5-11(16)6-4-10/h3-8H,2,9H2,1H3,(H,17,18)(H,19,20). The molecule has 0 aliphatic rings. The van der Waals surface area contributed by atoms with Crippen molar-refractivity contribution in [3.63, 3.8) is 0 Å². The smallest absolute Gasteiger partial charge is 0.339 e. The second-order valence-electron chi connectivity index (χ2n) is 4.33. The van der Waals surface area contributed by atoms with Gasteiger partial charge in [0.25, 0.3) is 0 Å². The van der Waals surface area contributed by atoms with E-state index in [4.69, 9.17) is 5.11 Å². The Morgan fingerprint density at radius 1 is 1.25 bits per heavy atom. The monoisotopic (exact) mass is 274 g/mol. The SMILES string of the molecule is CCCNc1nc(-c2ccc(F)cc2)ccc1C(=O)O. The average molecular weight is 274 g/mol. The lowest BCUT2D eigenvalue weighted by Crippen LogP contribution is -2.09. The van der Waals surface area contributed by atoms with Crippen LogP contribution in [0.25, 0.3) is 11.3 Å². The van der Waals surface area contributed by atoms with Gasteiger partial charge in [0.05, 0.1) is 5.69 Å². The number of pyridine rings is 1. The van der Waals surface area contributed by atoms with Crippen molar-refractivity contribution in [1.82, 2.24) is 4.98 Å². The minimum absolute atomic E-state index is 0.129. The highest BCUT2D eigenvalue weighted by molar-refractivity contribution is 5.93. The van der Waals surface area contributed by atoms with E-state index >= 15 is 0 Å². The van der Waals surface area contributed by atoms with Crippen LogP contribution in [0.3, 0.4) is 0 Å². The van der Waals surface area contributed by atoms with Crippen LogP contribution in [-0.4, -0.2) is 22.6 Å². The fourth-order valence-corrected chi connectivity index (χ4v) is 1.79. The topological polar surface area (TPSA) is 62.2 Å². The summed E-state index contributed by atoms with van der Waals surface area (Å²) in [5.74, 6) is -1.01. The molecule has 104 valence electrons. The molecule has 2 N–H and O–H groups in total. The number of carbonyl (C=O) groups is 1. The zero-order valence-corrected chi connectivity index (χ0v) is 11.1. The maximum Gasteiger partial charge on any atom is 0.339 e. The summed E-state index contributed by atoms with van der Waals surface area (Å²) in [7, 11) is 0. The molecule has 1 aromatic heterocycles. The van der Waals surface area contributed by atoms with E-state index in [0.717, 1.165) is 12.0 Å². The predicted molar refractivity (Wildman–Crippen MR) is 75.4 cm³/mol. The molecule has 5 heteroatoms. The summed E-state index contributed by atoms with van der Waals surface area (Å²) in [6.07, 6.45) is 0.863. The summed E-state index contributed by atoms with van der Waals surface area (Å²) in [5.41, 5.74) is 1.47. The van der Waals surface area contributed by atoms with Gasteiger partial charge in [0.1, 0.15) is 17.2 Å². The van der Waals surface area contributed by atoms with E-state index in [2.05, 4.69) is 10.3 Å². The van der Waals surface area contributed by atoms with Crippen molar-refractivity contribution >= 4 is 11.8 Å². The third-order valence-corrected chi connectivity index (χ3v) is 2.81. The van der Waals surface area contributed by atoms with E-state index in [9.17, 15) is 9.18 Å². The fraction of sp³-hybridized carbons (Fsp3) is 0.200. The Balaban J connectivity index is 2.40. The van der Waals surface area contributed by atoms with Crippen molar-refractivity contribution in [2.24, 2.45) is 0 Å². The van der Waals surface area contributed by atoms with Gasteiger partial charge in [-0.05, 0) is 42.8 Å². The van der Waals surface area contributed by atoms with Crippen molar-refractivity contribution < 1.29 is 14.3 Å². The van der Waals surface area contributed by atoms with Gasteiger partial charge in [-0.3, -0.25) is 0 Å². The average Bonchev–Trinajstić information content (AvgIpc) is 2.45. The van der Waals surface area contributed by atoms with E-state index in [0.29, 0.717) is 18.1 Å². The van der Waals surface area contributed by atoms with Gasteiger partial charge >= 0.3 is 5.97 Å². The molecule has 0 unspecified atom stereocenters. The first-order chi connectivity index (χ1) is 9.61. The number of rotatable bonds is 5. The maximum absolute atomic E-state index is 12.9. The number of anilines is 1. The summed E-state index contributed by atoms with van der Waals surface area (Å²) < 4.78 is 12.9. The lowest BCUT2D eigenvalue weighted by atomic mass is 10.1. The van der Waals surface area contributed by atoms with Crippen LogP contribution in [0.4, 0.5) is 10.2 Å². The third kappa shape index (κ3) is 3.12. The van der Waals surface area contributed by atoms with Gasteiger partial charge in [-0.15, -0.1) is 0 Å². The van der Waals surface area contributed by atoms with Gasteiger partial charge < -0.3 is 10.4 Å². The molecule has 4 nitrogen and oxygen atoms in total. The highest BCUT2D eigenvalue weighted by Crippen LogP contribution is 2.22. The van der Waals surface area contributed by atoms with Crippen LogP contribution in [-0.2, 0) is 0 Å². The van der Waals surface area contributed by atoms with E-state index in [-0.39, 0.29) is 11.4 Å². The van der Waals surface area contributed by atoms with Crippen molar-refractivity contribution in [3.05, 3.63) is 47.8 Å². The number of hydrogen-bond acceptors (Lipinski definition) is 3. The molecule has 2 rings (SSSR count). The van der Waals surface area contributed by atoms with Crippen LogP contribution in [0.15, 0.2) is 36.4 Å². The normalized spacial score (nSPS) is 10.3. The second kappa shape index (κ2) is 6.14. The summed E-state index contributed by atoms with van der Waals surface area (Å²) in [5, 5.41) is 12.1. The fourth-order valence-electron chi connectivity index (χ4n) is 1.79. The number of nitrogens with zero attached hydrogens (tertiary/aromatic N) is 1. The second-order valence-corrected chi connectivity index (χ2v) is 4.33. The third-order valence-electron chi connectivity index (χ3n) is 2.81. The molecule has 2 aromatic rings. The lowest BCUT2D eigenvalue weighted by Gasteiger charge is -2.10. The highest BCUT2D eigenvalue weighted by atomic mass is 19.1. The van der Waals surface area contributed by atoms with Gasteiger partial charge in [-0.25, -0.2) is 14.2 Å². The first kappa shape index (κ1) is 14.0. The van der Waals surface area contributed by atoms with Crippen molar-refractivity contribution in [3.8, 4) is 11.3 Å². The number of nitrogens with one attached hydrogen (secondary N) is 1.